The van der Waals surface area contributed by atoms with Gasteiger partial charge in [0.15, 0.2) is 5.78 Å². The van der Waals surface area contributed by atoms with E-state index in [0.717, 1.165) is 31.1 Å². The summed E-state index contributed by atoms with van der Waals surface area (Å²) in [4.78, 5) is 41.1. The quantitative estimate of drug-likeness (QED) is 0.752. The largest absolute Gasteiger partial charge is 0.368 e. The van der Waals surface area contributed by atoms with Crippen LogP contribution in [-0.2, 0) is 4.79 Å². The lowest BCUT2D eigenvalue weighted by molar-refractivity contribution is -0.131. The Morgan fingerprint density at radius 3 is 2.28 bits per heavy atom. The molecule has 1 aromatic carbocycles. The van der Waals surface area contributed by atoms with Crippen LogP contribution in [-0.4, -0.2) is 71.8 Å². The third-order valence-corrected chi connectivity index (χ3v) is 5.60. The summed E-state index contributed by atoms with van der Waals surface area (Å²) in [6.07, 6.45) is 0.402. The number of nitrogens with zero attached hydrogens (tertiary/aromatic N) is 3. The van der Waals surface area contributed by atoms with Crippen LogP contribution in [0.3, 0.4) is 0 Å². The summed E-state index contributed by atoms with van der Waals surface area (Å²) < 4.78 is 0. The molecule has 0 spiro atoms. The molecule has 25 heavy (non-hydrogen) atoms. The number of piperazine rings is 1. The molecule has 1 aromatic rings. The minimum absolute atomic E-state index is 0.0665. The summed E-state index contributed by atoms with van der Waals surface area (Å²) in [6, 6.07) is 7.62. The van der Waals surface area contributed by atoms with Crippen molar-refractivity contribution in [3.05, 3.63) is 29.8 Å². The predicted octanol–water partition coefficient (Wildman–Crippen LogP) is 2.10. The summed E-state index contributed by atoms with van der Waals surface area (Å²) in [6.45, 7) is 5.78. The fraction of sp³-hybridized carbons (Fsp3) is 0.500. The fourth-order valence-corrected chi connectivity index (χ4v) is 3.99. The van der Waals surface area contributed by atoms with E-state index in [-0.39, 0.29) is 16.9 Å². The molecular formula is C18H23N3O3S. The number of ketones is 1. The highest BCUT2D eigenvalue weighted by atomic mass is 32.2. The number of benzene rings is 1. The SMILES string of the molecule is CC(=O)c1ccc(N2CCN(C(=O)CCN3CCSC3=O)CC2)cc1. The fourth-order valence-electron chi connectivity index (χ4n) is 3.14. The second kappa shape index (κ2) is 7.91. The number of Topliss-reactive ketones (excluding diaryl/α,β-unsaturated/α-hetero) is 1. The lowest BCUT2D eigenvalue weighted by Crippen LogP contribution is -2.49. The molecule has 7 heteroatoms. The smallest absolute Gasteiger partial charge is 0.281 e. The van der Waals surface area contributed by atoms with Crippen LogP contribution in [0.25, 0.3) is 0 Å². The van der Waals surface area contributed by atoms with Crippen molar-refractivity contribution in [1.29, 1.82) is 0 Å². The van der Waals surface area contributed by atoms with E-state index in [1.54, 1.807) is 11.8 Å². The lowest BCUT2D eigenvalue weighted by Gasteiger charge is -2.36. The minimum atomic E-state index is 0.0665. The van der Waals surface area contributed by atoms with Crippen LogP contribution in [0.2, 0.25) is 0 Å². The minimum Gasteiger partial charge on any atom is -0.368 e. The third kappa shape index (κ3) is 4.34. The first-order valence-electron chi connectivity index (χ1n) is 8.60. The molecule has 0 N–H and O–H groups in total. The van der Waals surface area contributed by atoms with Gasteiger partial charge in [-0.1, -0.05) is 11.8 Å². The molecule has 0 saturated carbocycles. The number of amides is 2. The van der Waals surface area contributed by atoms with Crippen molar-refractivity contribution < 1.29 is 14.4 Å². The summed E-state index contributed by atoms with van der Waals surface area (Å²) >= 11 is 1.33. The van der Waals surface area contributed by atoms with Gasteiger partial charge >= 0.3 is 0 Å². The Morgan fingerprint density at radius 2 is 1.72 bits per heavy atom. The van der Waals surface area contributed by atoms with Gasteiger partial charge in [0.25, 0.3) is 5.24 Å². The molecule has 2 aliphatic rings. The molecule has 2 amide bonds. The number of hydrogen-bond donors (Lipinski definition) is 0. The Morgan fingerprint density at radius 1 is 1.04 bits per heavy atom. The molecule has 0 aromatic heterocycles. The van der Waals surface area contributed by atoms with Gasteiger partial charge in [0.1, 0.15) is 0 Å². The van der Waals surface area contributed by atoms with Crippen molar-refractivity contribution in [3.63, 3.8) is 0 Å². The molecule has 0 bridgehead atoms. The number of thioether (sulfide) groups is 1. The zero-order valence-electron chi connectivity index (χ0n) is 14.4. The highest BCUT2D eigenvalue weighted by Crippen LogP contribution is 2.19. The van der Waals surface area contributed by atoms with E-state index in [1.165, 1.54) is 11.8 Å². The third-order valence-electron chi connectivity index (χ3n) is 4.71. The van der Waals surface area contributed by atoms with Crippen LogP contribution >= 0.6 is 11.8 Å². The Hall–Kier alpha value is -2.02. The highest BCUT2D eigenvalue weighted by Gasteiger charge is 2.25. The van der Waals surface area contributed by atoms with Crippen LogP contribution in [0, 0.1) is 0 Å². The Labute approximate surface area is 152 Å². The Balaban J connectivity index is 1.47. The second-order valence-electron chi connectivity index (χ2n) is 6.32. The van der Waals surface area contributed by atoms with Crippen LogP contribution in [0.1, 0.15) is 23.7 Å². The number of carbonyl (C=O) groups is 3. The molecule has 0 aliphatic carbocycles. The number of carbonyl (C=O) groups excluding carboxylic acids is 3. The molecule has 3 rings (SSSR count). The van der Waals surface area contributed by atoms with Gasteiger partial charge < -0.3 is 14.7 Å². The van der Waals surface area contributed by atoms with Crippen LogP contribution < -0.4 is 4.90 Å². The van der Waals surface area contributed by atoms with Crippen molar-refractivity contribution in [2.75, 3.05) is 49.9 Å². The topological polar surface area (TPSA) is 60.9 Å². The molecular weight excluding hydrogens is 338 g/mol. The molecule has 0 unspecified atom stereocenters. The van der Waals surface area contributed by atoms with E-state index in [2.05, 4.69) is 4.90 Å². The Bertz CT molecular complexity index is 654. The van der Waals surface area contributed by atoms with Gasteiger partial charge in [-0.25, -0.2) is 0 Å². The van der Waals surface area contributed by atoms with Crippen molar-refractivity contribution >= 4 is 34.4 Å². The summed E-state index contributed by atoms with van der Waals surface area (Å²) in [5.41, 5.74) is 1.80. The molecule has 6 nitrogen and oxygen atoms in total. The van der Waals surface area contributed by atoms with Crippen molar-refractivity contribution in [1.82, 2.24) is 9.80 Å². The van der Waals surface area contributed by atoms with E-state index < -0.39 is 0 Å². The molecule has 2 heterocycles. The maximum Gasteiger partial charge on any atom is 0.281 e. The van der Waals surface area contributed by atoms with Crippen LogP contribution in [0.15, 0.2) is 24.3 Å². The van der Waals surface area contributed by atoms with Crippen LogP contribution in [0.5, 0.6) is 0 Å². The maximum atomic E-state index is 12.3. The molecule has 134 valence electrons. The first-order chi connectivity index (χ1) is 12.0. The van der Waals surface area contributed by atoms with E-state index in [4.69, 9.17) is 0 Å². The summed E-state index contributed by atoms with van der Waals surface area (Å²) in [7, 11) is 0. The van der Waals surface area contributed by atoms with E-state index in [1.807, 2.05) is 29.2 Å². The van der Waals surface area contributed by atoms with Gasteiger partial charge in [-0.2, -0.15) is 0 Å². The highest BCUT2D eigenvalue weighted by molar-refractivity contribution is 8.13. The van der Waals surface area contributed by atoms with Gasteiger partial charge in [-0.05, 0) is 31.2 Å². The van der Waals surface area contributed by atoms with Gasteiger partial charge in [-0.15, -0.1) is 0 Å². The van der Waals surface area contributed by atoms with Gasteiger partial charge in [0.2, 0.25) is 5.91 Å². The zero-order valence-corrected chi connectivity index (χ0v) is 15.3. The maximum absolute atomic E-state index is 12.3. The average Bonchev–Trinajstić information content (AvgIpc) is 3.05. The monoisotopic (exact) mass is 361 g/mol. The van der Waals surface area contributed by atoms with Crippen LogP contribution in [0.4, 0.5) is 10.5 Å². The second-order valence-corrected chi connectivity index (χ2v) is 7.37. The molecule has 2 fully saturated rings. The van der Waals surface area contributed by atoms with Gasteiger partial charge in [-0.3, -0.25) is 14.4 Å². The molecule has 2 aliphatic heterocycles. The van der Waals surface area contributed by atoms with Crippen molar-refractivity contribution in [2.24, 2.45) is 0 Å². The standard InChI is InChI=1S/C18H23N3O3S/c1-14(22)15-2-4-16(5-3-15)19-8-10-20(11-9-19)17(23)6-7-21-12-13-25-18(21)24/h2-5H,6-13H2,1H3. The first-order valence-corrected chi connectivity index (χ1v) is 9.58. The van der Waals surface area contributed by atoms with E-state index in [0.29, 0.717) is 31.6 Å². The number of hydrogen-bond acceptors (Lipinski definition) is 5. The average molecular weight is 361 g/mol. The van der Waals surface area contributed by atoms with Gasteiger partial charge in [0, 0.05) is 62.7 Å². The molecule has 2 saturated heterocycles. The predicted molar refractivity (Wildman–Crippen MR) is 99.3 cm³/mol. The van der Waals surface area contributed by atoms with Crippen molar-refractivity contribution in [3.8, 4) is 0 Å². The molecule has 0 radical (unpaired) electrons. The zero-order chi connectivity index (χ0) is 17.8. The number of anilines is 1. The van der Waals surface area contributed by atoms with E-state index in [9.17, 15) is 14.4 Å². The van der Waals surface area contributed by atoms with Gasteiger partial charge in [0.05, 0.1) is 0 Å². The summed E-state index contributed by atoms with van der Waals surface area (Å²) in [5, 5.41) is 0.0895. The van der Waals surface area contributed by atoms with Crippen molar-refractivity contribution in [2.45, 2.75) is 13.3 Å². The molecule has 0 atom stereocenters. The van der Waals surface area contributed by atoms with E-state index >= 15 is 0 Å². The normalized spacial score (nSPS) is 18.0. The summed E-state index contributed by atoms with van der Waals surface area (Å²) in [5.74, 6) is 1.02. The number of rotatable bonds is 5. The Kier molecular flexibility index (Phi) is 5.63. The first kappa shape index (κ1) is 17.8. The lowest BCUT2D eigenvalue weighted by atomic mass is 10.1.